The average molecular weight is 300 g/mol. The molecule has 1 fully saturated rings. The zero-order valence-corrected chi connectivity index (χ0v) is 12.6. The lowest BCUT2D eigenvalue weighted by Gasteiger charge is -2.21. The number of rotatable bonds is 5. The first kappa shape index (κ1) is 14.6. The Morgan fingerprint density at radius 2 is 2.41 bits per heavy atom. The van der Waals surface area contributed by atoms with E-state index in [0.29, 0.717) is 12.2 Å². The number of hydrogen-bond donors (Lipinski definition) is 2. The smallest absolute Gasteiger partial charge is 0.224 e. The number of H-pyrrole nitrogens is 1. The summed E-state index contributed by atoms with van der Waals surface area (Å²) in [5.74, 6) is 0.734. The minimum atomic E-state index is 0.0107. The summed E-state index contributed by atoms with van der Waals surface area (Å²) in [5.41, 5.74) is 1.86. The SMILES string of the molecule is Cc1ncccc1CC(=O)N[C@H]1CCC[C@H]1Oc1cn[nH]c1. The molecule has 0 unspecified atom stereocenters. The Labute approximate surface area is 129 Å². The molecule has 3 rings (SSSR count). The average Bonchev–Trinajstić information content (AvgIpc) is 3.15. The molecule has 6 heteroatoms. The normalized spacial score (nSPS) is 20.8. The number of carbonyl (C=O) groups is 1. The molecule has 2 N–H and O–H groups in total. The molecule has 22 heavy (non-hydrogen) atoms. The van der Waals surface area contributed by atoms with Crippen LogP contribution >= 0.6 is 0 Å². The number of carbonyl (C=O) groups excluding carboxylic acids is 1. The highest BCUT2D eigenvalue weighted by atomic mass is 16.5. The Balaban J connectivity index is 1.57. The summed E-state index contributed by atoms with van der Waals surface area (Å²) in [6.07, 6.45) is 8.42. The molecule has 0 spiro atoms. The predicted octanol–water partition coefficient (Wildman–Crippen LogP) is 1.77. The molecule has 2 aromatic heterocycles. The van der Waals surface area contributed by atoms with Crippen LogP contribution in [-0.4, -0.2) is 33.2 Å². The summed E-state index contributed by atoms with van der Waals surface area (Å²) in [7, 11) is 0. The Kier molecular flexibility index (Phi) is 4.37. The van der Waals surface area contributed by atoms with Gasteiger partial charge in [0.2, 0.25) is 5.91 Å². The van der Waals surface area contributed by atoms with Crippen molar-refractivity contribution in [2.24, 2.45) is 0 Å². The van der Waals surface area contributed by atoms with Gasteiger partial charge in [0.15, 0.2) is 5.75 Å². The molecule has 1 aliphatic carbocycles. The number of aryl methyl sites for hydroxylation is 1. The molecular weight excluding hydrogens is 280 g/mol. The lowest BCUT2D eigenvalue weighted by Crippen LogP contribution is -2.43. The molecule has 0 aliphatic heterocycles. The van der Waals surface area contributed by atoms with Crippen LogP contribution in [0.1, 0.15) is 30.5 Å². The maximum Gasteiger partial charge on any atom is 0.224 e. The predicted molar refractivity (Wildman–Crippen MR) is 81.5 cm³/mol. The zero-order valence-electron chi connectivity index (χ0n) is 12.6. The molecule has 116 valence electrons. The largest absolute Gasteiger partial charge is 0.485 e. The van der Waals surface area contributed by atoms with Crippen LogP contribution in [-0.2, 0) is 11.2 Å². The van der Waals surface area contributed by atoms with E-state index in [1.807, 2.05) is 19.1 Å². The number of nitrogens with zero attached hydrogens (tertiary/aromatic N) is 2. The Morgan fingerprint density at radius 1 is 1.50 bits per heavy atom. The van der Waals surface area contributed by atoms with E-state index >= 15 is 0 Å². The van der Waals surface area contributed by atoms with Crippen LogP contribution < -0.4 is 10.1 Å². The van der Waals surface area contributed by atoms with Gasteiger partial charge in [-0.2, -0.15) is 5.10 Å². The van der Waals surface area contributed by atoms with Crippen molar-refractivity contribution >= 4 is 5.91 Å². The molecule has 1 aliphatic rings. The lowest BCUT2D eigenvalue weighted by molar-refractivity contribution is -0.121. The standard InChI is InChI=1S/C16H20N4O2/c1-11-12(4-3-7-17-11)8-16(21)20-14-5-2-6-15(14)22-13-9-18-19-10-13/h3-4,7,9-10,14-15H,2,5-6,8H2,1H3,(H,18,19)(H,20,21)/t14-,15+/m0/s1. The van der Waals surface area contributed by atoms with Gasteiger partial charge < -0.3 is 10.1 Å². The van der Waals surface area contributed by atoms with Gasteiger partial charge in [-0.05, 0) is 37.8 Å². The van der Waals surface area contributed by atoms with E-state index in [2.05, 4.69) is 20.5 Å². The summed E-state index contributed by atoms with van der Waals surface area (Å²) >= 11 is 0. The molecule has 1 saturated carbocycles. The third-order valence-corrected chi connectivity index (χ3v) is 4.03. The topological polar surface area (TPSA) is 79.9 Å². The van der Waals surface area contributed by atoms with Gasteiger partial charge in [-0.15, -0.1) is 0 Å². The zero-order chi connectivity index (χ0) is 15.4. The number of hydrogen-bond acceptors (Lipinski definition) is 4. The van der Waals surface area contributed by atoms with Gasteiger partial charge in [0.25, 0.3) is 0 Å². The summed E-state index contributed by atoms with van der Waals surface area (Å²) in [5, 5.41) is 9.70. The number of ether oxygens (including phenoxy) is 1. The van der Waals surface area contributed by atoms with E-state index in [1.54, 1.807) is 18.6 Å². The second-order valence-corrected chi connectivity index (χ2v) is 5.62. The summed E-state index contributed by atoms with van der Waals surface area (Å²) < 4.78 is 5.88. The van der Waals surface area contributed by atoms with E-state index in [-0.39, 0.29) is 18.1 Å². The molecule has 2 heterocycles. The molecule has 0 radical (unpaired) electrons. The van der Waals surface area contributed by atoms with Crippen molar-refractivity contribution in [1.29, 1.82) is 0 Å². The molecule has 2 aromatic rings. The Bertz CT molecular complexity index is 627. The third kappa shape index (κ3) is 3.44. The van der Waals surface area contributed by atoms with Crippen molar-refractivity contribution in [2.75, 3.05) is 0 Å². The van der Waals surface area contributed by atoms with Gasteiger partial charge in [0.05, 0.1) is 24.9 Å². The number of aromatic nitrogens is 3. The van der Waals surface area contributed by atoms with Gasteiger partial charge in [0.1, 0.15) is 6.10 Å². The van der Waals surface area contributed by atoms with Crippen LogP contribution in [0, 0.1) is 6.92 Å². The van der Waals surface area contributed by atoms with Crippen molar-refractivity contribution in [1.82, 2.24) is 20.5 Å². The van der Waals surface area contributed by atoms with E-state index in [1.165, 1.54) is 0 Å². The molecule has 6 nitrogen and oxygen atoms in total. The van der Waals surface area contributed by atoms with Crippen LogP contribution in [0.25, 0.3) is 0 Å². The van der Waals surface area contributed by atoms with Gasteiger partial charge in [0, 0.05) is 11.9 Å². The third-order valence-electron chi connectivity index (χ3n) is 4.03. The van der Waals surface area contributed by atoms with E-state index in [4.69, 9.17) is 4.74 Å². The molecule has 0 bridgehead atoms. The van der Waals surface area contributed by atoms with E-state index in [0.717, 1.165) is 30.5 Å². The fourth-order valence-corrected chi connectivity index (χ4v) is 2.85. The van der Waals surface area contributed by atoms with Crippen molar-refractivity contribution in [2.45, 2.75) is 44.8 Å². The number of amides is 1. The maximum absolute atomic E-state index is 12.3. The first-order valence-corrected chi connectivity index (χ1v) is 7.57. The van der Waals surface area contributed by atoms with Crippen molar-refractivity contribution in [3.8, 4) is 5.75 Å². The van der Waals surface area contributed by atoms with Crippen LogP contribution in [0.3, 0.4) is 0 Å². The maximum atomic E-state index is 12.3. The lowest BCUT2D eigenvalue weighted by atomic mass is 10.1. The van der Waals surface area contributed by atoms with Crippen LogP contribution in [0.15, 0.2) is 30.7 Å². The molecule has 0 saturated heterocycles. The first-order valence-electron chi connectivity index (χ1n) is 7.57. The van der Waals surface area contributed by atoms with E-state index < -0.39 is 0 Å². The second-order valence-electron chi connectivity index (χ2n) is 5.62. The number of pyridine rings is 1. The minimum absolute atomic E-state index is 0.0107. The molecule has 1 amide bonds. The van der Waals surface area contributed by atoms with E-state index in [9.17, 15) is 4.79 Å². The molecule has 0 aromatic carbocycles. The highest BCUT2D eigenvalue weighted by molar-refractivity contribution is 5.79. The monoisotopic (exact) mass is 300 g/mol. The Hall–Kier alpha value is -2.37. The fraction of sp³-hybridized carbons (Fsp3) is 0.438. The highest BCUT2D eigenvalue weighted by Crippen LogP contribution is 2.24. The van der Waals surface area contributed by atoms with Crippen molar-refractivity contribution in [3.05, 3.63) is 42.0 Å². The van der Waals surface area contributed by atoms with Gasteiger partial charge in [-0.1, -0.05) is 6.07 Å². The molecular formula is C16H20N4O2. The highest BCUT2D eigenvalue weighted by Gasteiger charge is 2.30. The van der Waals surface area contributed by atoms with Crippen LogP contribution in [0.4, 0.5) is 0 Å². The van der Waals surface area contributed by atoms with Gasteiger partial charge in [-0.3, -0.25) is 14.9 Å². The first-order chi connectivity index (χ1) is 10.7. The van der Waals surface area contributed by atoms with Crippen molar-refractivity contribution in [3.63, 3.8) is 0 Å². The van der Waals surface area contributed by atoms with Crippen molar-refractivity contribution < 1.29 is 9.53 Å². The summed E-state index contributed by atoms with van der Waals surface area (Å²) in [6.45, 7) is 1.92. The number of nitrogens with one attached hydrogen (secondary N) is 2. The summed E-state index contributed by atoms with van der Waals surface area (Å²) in [6, 6.07) is 3.85. The Morgan fingerprint density at radius 3 is 3.18 bits per heavy atom. The molecule has 2 atom stereocenters. The van der Waals surface area contributed by atoms with Crippen LogP contribution in [0.2, 0.25) is 0 Å². The fourth-order valence-electron chi connectivity index (χ4n) is 2.85. The summed E-state index contributed by atoms with van der Waals surface area (Å²) in [4.78, 5) is 16.5. The van der Waals surface area contributed by atoms with Crippen LogP contribution in [0.5, 0.6) is 5.75 Å². The van der Waals surface area contributed by atoms with Gasteiger partial charge >= 0.3 is 0 Å². The number of aromatic amines is 1. The second kappa shape index (κ2) is 6.60. The quantitative estimate of drug-likeness (QED) is 0.882. The van der Waals surface area contributed by atoms with Gasteiger partial charge in [-0.25, -0.2) is 0 Å². The minimum Gasteiger partial charge on any atom is -0.485 e.